The van der Waals surface area contributed by atoms with E-state index >= 15 is 0 Å². The molecule has 1 aromatic heterocycles. The Kier molecular flexibility index (Phi) is 2.56. The zero-order valence-electron chi connectivity index (χ0n) is 7.62. The SMILES string of the molecule is COCc1noc([C@@H]2CCCN2)n1. The summed E-state index contributed by atoms with van der Waals surface area (Å²) in [5.74, 6) is 1.30. The van der Waals surface area contributed by atoms with Gasteiger partial charge in [-0.25, -0.2) is 0 Å². The normalized spacial score (nSPS) is 22.4. The molecular weight excluding hydrogens is 170 g/mol. The molecule has 0 aromatic carbocycles. The quantitative estimate of drug-likeness (QED) is 0.745. The molecule has 5 heteroatoms. The Balaban J connectivity index is 2.03. The number of rotatable bonds is 3. The highest BCUT2D eigenvalue weighted by Gasteiger charge is 2.21. The molecule has 0 bridgehead atoms. The van der Waals surface area contributed by atoms with E-state index in [9.17, 15) is 0 Å². The number of hydrogen-bond acceptors (Lipinski definition) is 5. The molecule has 1 atom stereocenters. The highest BCUT2D eigenvalue weighted by atomic mass is 16.5. The van der Waals surface area contributed by atoms with E-state index in [4.69, 9.17) is 9.26 Å². The summed E-state index contributed by atoms with van der Waals surface area (Å²) < 4.78 is 10.00. The van der Waals surface area contributed by atoms with Gasteiger partial charge >= 0.3 is 0 Å². The van der Waals surface area contributed by atoms with E-state index in [1.54, 1.807) is 7.11 Å². The van der Waals surface area contributed by atoms with Crippen LogP contribution in [0.1, 0.15) is 30.6 Å². The molecule has 1 aromatic rings. The summed E-state index contributed by atoms with van der Waals surface area (Å²) in [5, 5.41) is 7.09. The van der Waals surface area contributed by atoms with Crippen molar-refractivity contribution >= 4 is 0 Å². The van der Waals surface area contributed by atoms with Gasteiger partial charge < -0.3 is 14.6 Å². The molecule has 1 N–H and O–H groups in total. The molecule has 1 aliphatic rings. The Morgan fingerprint density at radius 2 is 2.62 bits per heavy atom. The molecular formula is C8H13N3O2. The first-order valence-electron chi connectivity index (χ1n) is 4.45. The van der Waals surface area contributed by atoms with Crippen LogP contribution in [-0.2, 0) is 11.3 Å². The fraction of sp³-hybridized carbons (Fsp3) is 0.750. The maximum atomic E-state index is 5.10. The largest absolute Gasteiger partial charge is 0.377 e. The lowest BCUT2D eigenvalue weighted by Crippen LogP contribution is -2.13. The maximum Gasteiger partial charge on any atom is 0.243 e. The van der Waals surface area contributed by atoms with Gasteiger partial charge in [-0.2, -0.15) is 4.98 Å². The Labute approximate surface area is 76.5 Å². The van der Waals surface area contributed by atoms with Gasteiger partial charge in [0.2, 0.25) is 5.89 Å². The number of ether oxygens (including phenoxy) is 1. The van der Waals surface area contributed by atoms with Crippen molar-refractivity contribution in [1.82, 2.24) is 15.5 Å². The third-order valence-electron chi connectivity index (χ3n) is 2.12. The van der Waals surface area contributed by atoms with Crippen LogP contribution in [0.25, 0.3) is 0 Å². The third-order valence-corrected chi connectivity index (χ3v) is 2.12. The molecule has 0 aliphatic carbocycles. The van der Waals surface area contributed by atoms with Crippen molar-refractivity contribution in [3.8, 4) is 0 Å². The second kappa shape index (κ2) is 3.85. The van der Waals surface area contributed by atoms with Crippen molar-refractivity contribution in [3.63, 3.8) is 0 Å². The Morgan fingerprint density at radius 1 is 1.69 bits per heavy atom. The first-order chi connectivity index (χ1) is 6.40. The zero-order valence-corrected chi connectivity index (χ0v) is 7.62. The lowest BCUT2D eigenvalue weighted by atomic mass is 10.2. The summed E-state index contributed by atoms with van der Waals surface area (Å²) >= 11 is 0. The van der Waals surface area contributed by atoms with E-state index in [1.165, 1.54) is 6.42 Å². The summed E-state index contributed by atoms with van der Waals surface area (Å²) in [4.78, 5) is 4.22. The summed E-state index contributed by atoms with van der Waals surface area (Å²) in [7, 11) is 1.61. The van der Waals surface area contributed by atoms with Crippen LogP contribution in [0.4, 0.5) is 0 Å². The Hall–Kier alpha value is -0.940. The van der Waals surface area contributed by atoms with Gasteiger partial charge in [-0.15, -0.1) is 0 Å². The number of nitrogens with one attached hydrogen (secondary N) is 1. The lowest BCUT2D eigenvalue weighted by Gasteiger charge is -2.01. The summed E-state index contributed by atoms with van der Waals surface area (Å²) in [6.45, 7) is 1.45. The molecule has 0 radical (unpaired) electrons. The van der Waals surface area contributed by atoms with Crippen LogP contribution >= 0.6 is 0 Å². The van der Waals surface area contributed by atoms with Gasteiger partial charge in [0.25, 0.3) is 0 Å². The fourth-order valence-corrected chi connectivity index (χ4v) is 1.49. The molecule has 1 saturated heterocycles. The molecule has 13 heavy (non-hydrogen) atoms. The fourth-order valence-electron chi connectivity index (χ4n) is 1.49. The number of hydrogen-bond donors (Lipinski definition) is 1. The summed E-state index contributed by atoms with van der Waals surface area (Å²) in [6.07, 6.45) is 2.25. The predicted octanol–water partition coefficient (Wildman–Crippen LogP) is 0.641. The standard InChI is InChI=1S/C8H13N3O2/c1-12-5-7-10-8(13-11-7)6-3-2-4-9-6/h6,9H,2-5H2,1H3/t6-/m0/s1. The molecule has 0 amide bonds. The van der Waals surface area contributed by atoms with Crippen LogP contribution in [-0.4, -0.2) is 23.8 Å². The molecule has 2 rings (SSSR count). The minimum atomic E-state index is 0.248. The van der Waals surface area contributed by atoms with Gasteiger partial charge in [-0.3, -0.25) is 0 Å². The molecule has 1 fully saturated rings. The topological polar surface area (TPSA) is 60.2 Å². The van der Waals surface area contributed by atoms with Gasteiger partial charge in [-0.1, -0.05) is 5.16 Å². The highest BCUT2D eigenvalue weighted by Crippen LogP contribution is 2.20. The zero-order chi connectivity index (χ0) is 9.10. The van der Waals surface area contributed by atoms with Crippen molar-refractivity contribution < 1.29 is 9.26 Å². The van der Waals surface area contributed by atoms with Gasteiger partial charge in [0.05, 0.1) is 6.04 Å². The molecule has 0 spiro atoms. The van der Waals surface area contributed by atoms with E-state index in [2.05, 4.69) is 15.5 Å². The second-order valence-corrected chi connectivity index (χ2v) is 3.13. The van der Waals surface area contributed by atoms with Crippen LogP contribution in [0.15, 0.2) is 4.52 Å². The van der Waals surface area contributed by atoms with Gasteiger partial charge in [-0.05, 0) is 19.4 Å². The molecule has 5 nitrogen and oxygen atoms in total. The van der Waals surface area contributed by atoms with Crippen LogP contribution in [0, 0.1) is 0 Å². The highest BCUT2D eigenvalue weighted by molar-refractivity contribution is 4.94. The minimum absolute atomic E-state index is 0.248. The van der Waals surface area contributed by atoms with Crippen molar-refractivity contribution in [2.45, 2.75) is 25.5 Å². The predicted molar refractivity (Wildman–Crippen MR) is 45.0 cm³/mol. The second-order valence-electron chi connectivity index (χ2n) is 3.13. The van der Waals surface area contributed by atoms with E-state index < -0.39 is 0 Å². The van der Waals surface area contributed by atoms with Crippen molar-refractivity contribution in [3.05, 3.63) is 11.7 Å². The molecule has 0 unspecified atom stereocenters. The number of aromatic nitrogens is 2. The van der Waals surface area contributed by atoms with E-state index in [1.807, 2.05) is 0 Å². The van der Waals surface area contributed by atoms with E-state index in [-0.39, 0.29) is 6.04 Å². The lowest BCUT2D eigenvalue weighted by molar-refractivity contribution is 0.174. The average Bonchev–Trinajstić information content (AvgIpc) is 2.70. The molecule has 2 heterocycles. The van der Waals surface area contributed by atoms with Gasteiger partial charge in [0.15, 0.2) is 5.82 Å². The Morgan fingerprint density at radius 3 is 3.31 bits per heavy atom. The van der Waals surface area contributed by atoms with Crippen LogP contribution < -0.4 is 5.32 Å². The first-order valence-corrected chi connectivity index (χ1v) is 4.45. The molecule has 72 valence electrons. The van der Waals surface area contributed by atoms with E-state index in [0.717, 1.165) is 13.0 Å². The maximum absolute atomic E-state index is 5.10. The average molecular weight is 183 g/mol. The smallest absolute Gasteiger partial charge is 0.243 e. The number of nitrogens with zero attached hydrogens (tertiary/aromatic N) is 2. The molecule has 1 aliphatic heterocycles. The van der Waals surface area contributed by atoms with Crippen molar-refractivity contribution in [2.24, 2.45) is 0 Å². The van der Waals surface area contributed by atoms with Crippen LogP contribution in [0.3, 0.4) is 0 Å². The van der Waals surface area contributed by atoms with Crippen LogP contribution in [0.5, 0.6) is 0 Å². The minimum Gasteiger partial charge on any atom is -0.377 e. The summed E-state index contributed by atoms with van der Waals surface area (Å²) in [6, 6.07) is 0.248. The Bertz CT molecular complexity index is 268. The molecule has 0 saturated carbocycles. The van der Waals surface area contributed by atoms with Gasteiger partial charge in [0.1, 0.15) is 6.61 Å². The van der Waals surface area contributed by atoms with Crippen molar-refractivity contribution in [1.29, 1.82) is 0 Å². The number of methoxy groups -OCH3 is 1. The van der Waals surface area contributed by atoms with Crippen molar-refractivity contribution in [2.75, 3.05) is 13.7 Å². The monoisotopic (exact) mass is 183 g/mol. The van der Waals surface area contributed by atoms with Crippen LogP contribution in [0.2, 0.25) is 0 Å². The van der Waals surface area contributed by atoms with Gasteiger partial charge in [0, 0.05) is 7.11 Å². The third kappa shape index (κ3) is 1.87. The summed E-state index contributed by atoms with van der Waals surface area (Å²) in [5.41, 5.74) is 0. The first kappa shape index (κ1) is 8.65. The van der Waals surface area contributed by atoms with E-state index in [0.29, 0.717) is 18.3 Å².